The first-order valence-electron chi connectivity index (χ1n) is 6.51. The second-order valence-electron chi connectivity index (χ2n) is 5.25. The van der Waals surface area contributed by atoms with Gasteiger partial charge in [0.2, 0.25) is 5.09 Å². The fraction of sp³-hybridized carbons (Fsp3) is 0.667. The van der Waals surface area contributed by atoms with Crippen molar-refractivity contribution in [1.82, 2.24) is 9.21 Å². The maximum absolute atomic E-state index is 12.5. The summed E-state index contributed by atoms with van der Waals surface area (Å²) in [6.07, 6.45) is -3.03. The number of alkyl halides is 3. The summed E-state index contributed by atoms with van der Waals surface area (Å²) in [5.74, 6) is -0.195. The Morgan fingerprint density at radius 1 is 1.33 bits per heavy atom. The van der Waals surface area contributed by atoms with Gasteiger partial charge in [0.15, 0.2) is 0 Å². The van der Waals surface area contributed by atoms with E-state index >= 15 is 0 Å². The summed E-state index contributed by atoms with van der Waals surface area (Å²) in [7, 11) is -3.78. The lowest BCUT2D eigenvalue weighted by Gasteiger charge is -2.22. The first kappa shape index (κ1) is 16.3. The average molecular weight is 326 g/mol. The van der Waals surface area contributed by atoms with Gasteiger partial charge in [-0.3, -0.25) is 4.90 Å². The van der Waals surface area contributed by atoms with Crippen LogP contribution in [0.3, 0.4) is 0 Å². The molecule has 1 aliphatic rings. The molecule has 0 amide bonds. The van der Waals surface area contributed by atoms with Crippen LogP contribution in [0.1, 0.15) is 6.92 Å². The van der Waals surface area contributed by atoms with Crippen LogP contribution in [0, 0.1) is 5.92 Å². The molecule has 120 valence electrons. The summed E-state index contributed by atoms with van der Waals surface area (Å²) in [5, 5.41) is -0.182. The van der Waals surface area contributed by atoms with Crippen molar-refractivity contribution >= 4 is 10.0 Å². The van der Waals surface area contributed by atoms with E-state index in [1.54, 1.807) is 6.92 Å². The Morgan fingerprint density at radius 3 is 2.62 bits per heavy atom. The van der Waals surface area contributed by atoms with E-state index in [0.717, 1.165) is 0 Å². The maximum Gasteiger partial charge on any atom is 0.401 e. The van der Waals surface area contributed by atoms with Gasteiger partial charge in [-0.2, -0.15) is 17.5 Å². The standard InChI is InChI=1S/C12H17F3N2O3S/c1-10-7-16(9-12(13,14)15)4-5-17(8-10)21(18,19)11-3-2-6-20-11/h2-3,6,10H,4-5,7-9H2,1H3. The molecule has 1 aliphatic heterocycles. The molecule has 2 rings (SSSR count). The zero-order chi connectivity index (χ0) is 15.7. The lowest BCUT2D eigenvalue weighted by atomic mass is 10.2. The van der Waals surface area contributed by atoms with Crippen LogP contribution in [0.15, 0.2) is 27.9 Å². The zero-order valence-corrected chi connectivity index (χ0v) is 12.3. The number of nitrogens with zero attached hydrogens (tertiary/aromatic N) is 2. The van der Waals surface area contributed by atoms with Gasteiger partial charge in [0.05, 0.1) is 12.8 Å². The Balaban J connectivity index is 2.11. The van der Waals surface area contributed by atoms with Crippen molar-refractivity contribution in [2.45, 2.75) is 18.2 Å². The number of halogens is 3. The molecule has 1 unspecified atom stereocenters. The van der Waals surface area contributed by atoms with Gasteiger partial charge in [-0.25, -0.2) is 8.42 Å². The first-order valence-corrected chi connectivity index (χ1v) is 7.95. The van der Waals surface area contributed by atoms with Crippen molar-refractivity contribution in [3.05, 3.63) is 18.4 Å². The summed E-state index contributed by atoms with van der Waals surface area (Å²) in [5.41, 5.74) is 0. The lowest BCUT2D eigenvalue weighted by molar-refractivity contribution is -0.146. The minimum Gasteiger partial charge on any atom is -0.452 e. The van der Waals surface area contributed by atoms with Crippen molar-refractivity contribution in [2.75, 3.05) is 32.7 Å². The molecule has 0 N–H and O–H groups in total. The van der Waals surface area contributed by atoms with E-state index in [-0.39, 0.29) is 37.2 Å². The topological polar surface area (TPSA) is 53.8 Å². The number of hydrogen-bond acceptors (Lipinski definition) is 4. The molecule has 0 bridgehead atoms. The van der Waals surface area contributed by atoms with Crippen LogP contribution in [-0.2, 0) is 10.0 Å². The average Bonchev–Trinajstić information content (AvgIpc) is 2.80. The molecule has 5 nitrogen and oxygen atoms in total. The Bertz CT molecular complexity index is 557. The molecule has 9 heteroatoms. The molecule has 1 aromatic heterocycles. The molecule has 2 heterocycles. The third kappa shape index (κ3) is 4.21. The quantitative estimate of drug-likeness (QED) is 0.850. The summed E-state index contributed by atoms with van der Waals surface area (Å²) < 4.78 is 68.2. The molecule has 0 aliphatic carbocycles. The van der Waals surface area contributed by atoms with E-state index < -0.39 is 22.7 Å². The van der Waals surface area contributed by atoms with Crippen LogP contribution >= 0.6 is 0 Å². The summed E-state index contributed by atoms with van der Waals surface area (Å²) in [6.45, 7) is 1.17. The van der Waals surface area contributed by atoms with Crippen LogP contribution in [0.5, 0.6) is 0 Å². The Morgan fingerprint density at radius 2 is 2.05 bits per heavy atom. The van der Waals surface area contributed by atoms with Crippen LogP contribution in [0.25, 0.3) is 0 Å². The van der Waals surface area contributed by atoms with E-state index in [1.807, 2.05) is 0 Å². The maximum atomic E-state index is 12.5. The first-order chi connectivity index (χ1) is 9.68. The Kier molecular flexibility index (Phi) is 4.64. The molecule has 0 saturated carbocycles. The van der Waals surface area contributed by atoms with E-state index in [1.165, 1.54) is 27.6 Å². The van der Waals surface area contributed by atoms with Gasteiger partial charge in [0.25, 0.3) is 10.0 Å². The second-order valence-corrected chi connectivity index (χ2v) is 7.12. The predicted octanol–water partition coefficient (Wildman–Crippen LogP) is 1.78. The fourth-order valence-corrected chi connectivity index (χ4v) is 3.89. The van der Waals surface area contributed by atoms with Crippen molar-refractivity contribution in [3.8, 4) is 0 Å². The molecule has 0 spiro atoms. The van der Waals surface area contributed by atoms with E-state index in [2.05, 4.69) is 0 Å². The SMILES string of the molecule is CC1CN(CC(F)(F)F)CCN(S(=O)(=O)c2ccco2)C1. The van der Waals surface area contributed by atoms with Gasteiger partial charge in [-0.1, -0.05) is 6.92 Å². The number of sulfonamides is 1. The highest BCUT2D eigenvalue weighted by Gasteiger charge is 2.35. The molecule has 1 aromatic rings. The van der Waals surface area contributed by atoms with Gasteiger partial charge in [0.1, 0.15) is 0 Å². The number of hydrogen-bond donors (Lipinski definition) is 0. The third-order valence-corrected chi connectivity index (χ3v) is 5.00. The van der Waals surface area contributed by atoms with Crippen molar-refractivity contribution < 1.29 is 26.0 Å². The second kappa shape index (κ2) is 5.98. The Labute approximate surface area is 121 Å². The van der Waals surface area contributed by atoms with E-state index in [4.69, 9.17) is 4.42 Å². The molecule has 1 fully saturated rings. The van der Waals surface area contributed by atoms with Crippen LogP contribution in [-0.4, -0.2) is 56.5 Å². The lowest BCUT2D eigenvalue weighted by Crippen LogP contribution is -2.38. The third-order valence-electron chi connectivity index (χ3n) is 3.24. The number of furan rings is 1. The van der Waals surface area contributed by atoms with Crippen molar-refractivity contribution in [2.24, 2.45) is 5.92 Å². The van der Waals surface area contributed by atoms with Gasteiger partial charge >= 0.3 is 6.18 Å². The van der Waals surface area contributed by atoms with E-state index in [9.17, 15) is 21.6 Å². The smallest absolute Gasteiger partial charge is 0.401 e. The predicted molar refractivity (Wildman–Crippen MR) is 69.1 cm³/mol. The highest BCUT2D eigenvalue weighted by Crippen LogP contribution is 2.22. The van der Waals surface area contributed by atoms with Gasteiger partial charge in [0, 0.05) is 26.2 Å². The summed E-state index contributed by atoms with van der Waals surface area (Å²) >= 11 is 0. The summed E-state index contributed by atoms with van der Waals surface area (Å²) in [6, 6.07) is 2.79. The number of rotatable bonds is 3. The zero-order valence-electron chi connectivity index (χ0n) is 11.5. The normalized spacial score (nSPS) is 23.1. The largest absolute Gasteiger partial charge is 0.452 e. The minimum absolute atomic E-state index is 0.0173. The molecular formula is C12H17F3N2O3S. The highest BCUT2D eigenvalue weighted by atomic mass is 32.2. The molecule has 1 atom stereocenters. The summed E-state index contributed by atoms with van der Waals surface area (Å²) in [4.78, 5) is 1.24. The minimum atomic E-state index is -4.28. The van der Waals surface area contributed by atoms with E-state index in [0.29, 0.717) is 0 Å². The fourth-order valence-electron chi connectivity index (χ4n) is 2.43. The molecular weight excluding hydrogens is 309 g/mol. The Hall–Kier alpha value is -1.06. The molecule has 21 heavy (non-hydrogen) atoms. The molecule has 0 radical (unpaired) electrons. The van der Waals surface area contributed by atoms with Crippen LogP contribution < -0.4 is 0 Å². The van der Waals surface area contributed by atoms with Gasteiger partial charge in [-0.05, 0) is 18.1 Å². The molecule has 1 saturated heterocycles. The van der Waals surface area contributed by atoms with Crippen molar-refractivity contribution in [3.63, 3.8) is 0 Å². The van der Waals surface area contributed by atoms with Crippen molar-refractivity contribution in [1.29, 1.82) is 0 Å². The van der Waals surface area contributed by atoms with Gasteiger partial charge in [-0.15, -0.1) is 0 Å². The highest BCUT2D eigenvalue weighted by molar-refractivity contribution is 7.89. The van der Waals surface area contributed by atoms with Gasteiger partial charge < -0.3 is 4.42 Å². The van der Waals surface area contributed by atoms with Crippen LogP contribution in [0.4, 0.5) is 13.2 Å². The molecule has 0 aromatic carbocycles. The van der Waals surface area contributed by atoms with Crippen LogP contribution in [0.2, 0.25) is 0 Å². The monoisotopic (exact) mass is 326 g/mol.